The van der Waals surface area contributed by atoms with E-state index in [0.717, 1.165) is 29.5 Å². The molecule has 0 atom stereocenters. The molecular weight excluding hydrogens is 352 g/mol. The molecule has 0 unspecified atom stereocenters. The molecule has 142 valence electrons. The van der Waals surface area contributed by atoms with Gasteiger partial charge in [0.25, 0.3) is 0 Å². The molecule has 28 heavy (non-hydrogen) atoms. The van der Waals surface area contributed by atoms with Gasteiger partial charge in [-0.25, -0.2) is 4.79 Å². The number of hydrogen-bond acceptors (Lipinski definition) is 3. The second kappa shape index (κ2) is 9.42. The number of carboxylic acid groups (broad SMARTS) is 1. The van der Waals surface area contributed by atoms with Crippen molar-refractivity contribution in [2.24, 2.45) is 0 Å². The van der Waals surface area contributed by atoms with Gasteiger partial charge in [-0.2, -0.15) is 0 Å². The molecule has 0 saturated carbocycles. The Kier molecular flexibility index (Phi) is 6.47. The zero-order chi connectivity index (χ0) is 19.8. The minimum atomic E-state index is -0.996. The molecule has 2 N–H and O–H groups in total. The summed E-state index contributed by atoms with van der Waals surface area (Å²) >= 11 is 0. The van der Waals surface area contributed by atoms with Gasteiger partial charge in [-0.1, -0.05) is 66.7 Å². The standard InChI is InChI=1S/C24H22O4/c25-21-15-13-19(14-16-21)22-11-5-3-8-18(22)7-1-2-9-20-10-4-6-12-23(20)28-17-24(26)27/h2-6,8-16,25H,1,7,17H2,(H,26,27). The van der Waals surface area contributed by atoms with Crippen LogP contribution in [0.5, 0.6) is 11.5 Å². The minimum absolute atomic E-state index is 0.257. The number of carbonyl (C=O) groups is 1. The number of hydrogen-bond donors (Lipinski definition) is 2. The van der Waals surface area contributed by atoms with Crippen molar-refractivity contribution in [3.63, 3.8) is 0 Å². The molecule has 0 aliphatic carbocycles. The van der Waals surface area contributed by atoms with E-state index in [0.29, 0.717) is 5.75 Å². The number of para-hydroxylation sites is 1. The van der Waals surface area contributed by atoms with Crippen molar-refractivity contribution in [3.05, 3.63) is 90.0 Å². The van der Waals surface area contributed by atoms with Gasteiger partial charge in [0.2, 0.25) is 0 Å². The molecule has 3 rings (SSSR count). The summed E-state index contributed by atoms with van der Waals surface area (Å²) in [7, 11) is 0. The summed E-state index contributed by atoms with van der Waals surface area (Å²) in [5, 5.41) is 18.3. The number of benzene rings is 3. The molecule has 4 nitrogen and oxygen atoms in total. The van der Waals surface area contributed by atoms with Gasteiger partial charge >= 0.3 is 5.97 Å². The maximum Gasteiger partial charge on any atom is 0.341 e. The Morgan fingerprint density at radius 3 is 2.43 bits per heavy atom. The molecule has 0 heterocycles. The molecular formula is C24H22O4. The van der Waals surface area contributed by atoms with Gasteiger partial charge in [-0.3, -0.25) is 0 Å². The van der Waals surface area contributed by atoms with Gasteiger partial charge in [0.15, 0.2) is 6.61 Å². The van der Waals surface area contributed by atoms with Gasteiger partial charge in [0.1, 0.15) is 11.5 Å². The first-order valence-electron chi connectivity index (χ1n) is 9.11. The number of aryl methyl sites for hydroxylation is 1. The molecule has 0 bridgehead atoms. The van der Waals surface area contributed by atoms with Crippen LogP contribution < -0.4 is 4.74 Å². The predicted octanol–water partition coefficient (Wildman–Crippen LogP) is 5.17. The summed E-state index contributed by atoms with van der Waals surface area (Å²) in [4.78, 5) is 10.7. The molecule has 0 fully saturated rings. The Labute approximate surface area is 164 Å². The van der Waals surface area contributed by atoms with Crippen LogP contribution in [0.2, 0.25) is 0 Å². The third-order valence-corrected chi connectivity index (χ3v) is 4.34. The topological polar surface area (TPSA) is 66.8 Å². The van der Waals surface area contributed by atoms with E-state index in [1.807, 2.05) is 48.5 Å². The quantitative estimate of drug-likeness (QED) is 0.571. The average molecular weight is 374 g/mol. The number of ether oxygens (including phenoxy) is 1. The molecule has 3 aromatic rings. The Morgan fingerprint density at radius 2 is 1.64 bits per heavy atom. The van der Waals surface area contributed by atoms with Crippen LogP contribution in [0.25, 0.3) is 17.2 Å². The zero-order valence-electron chi connectivity index (χ0n) is 15.4. The van der Waals surface area contributed by atoms with E-state index in [4.69, 9.17) is 9.84 Å². The number of phenolic OH excluding ortho intramolecular Hbond substituents is 1. The van der Waals surface area contributed by atoms with Crippen molar-refractivity contribution in [2.45, 2.75) is 12.8 Å². The normalized spacial score (nSPS) is 10.9. The lowest BCUT2D eigenvalue weighted by Gasteiger charge is -2.09. The highest BCUT2D eigenvalue weighted by Gasteiger charge is 2.05. The fourth-order valence-electron chi connectivity index (χ4n) is 3.00. The van der Waals surface area contributed by atoms with E-state index < -0.39 is 5.97 Å². The van der Waals surface area contributed by atoms with Crippen LogP contribution in [0, 0.1) is 0 Å². The van der Waals surface area contributed by atoms with Crippen LogP contribution in [0.3, 0.4) is 0 Å². The van der Waals surface area contributed by atoms with E-state index in [-0.39, 0.29) is 12.4 Å². The Hall–Kier alpha value is -3.53. The molecule has 0 aliphatic rings. The summed E-state index contributed by atoms with van der Waals surface area (Å²) in [6.45, 7) is -0.356. The van der Waals surface area contributed by atoms with Gasteiger partial charge < -0.3 is 14.9 Å². The summed E-state index contributed by atoms with van der Waals surface area (Å²) < 4.78 is 5.33. The number of phenols is 1. The molecule has 0 aromatic heterocycles. The lowest BCUT2D eigenvalue weighted by molar-refractivity contribution is -0.139. The molecule has 0 amide bonds. The zero-order valence-corrected chi connectivity index (χ0v) is 15.4. The lowest BCUT2D eigenvalue weighted by atomic mass is 9.96. The highest BCUT2D eigenvalue weighted by atomic mass is 16.5. The fourth-order valence-corrected chi connectivity index (χ4v) is 3.00. The van der Waals surface area contributed by atoms with Crippen LogP contribution in [-0.2, 0) is 11.2 Å². The second-order valence-corrected chi connectivity index (χ2v) is 6.37. The number of carboxylic acids is 1. The first kappa shape index (κ1) is 19.2. The Balaban J connectivity index is 1.68. The maximum atomic E-state index is 10.7. The molecule has 4 heteroatoms. The van der Waals surface area contributed by atoms with Crippen molar-refractivity contribution in [1.82, 2.24) is 0 Å². The summed E-state index contributed by atoms with van der Waals surface area (Å²) in [5.74, 6) is -0.178. The SMILES string of the molecule is O=C(O)COc1ccccc1C=CCCc1ccccc1-c1ccc(O)cc1. The maximum absolute atomic E-state index is 10.7. The van der Waals surface area contributed by atoms with Crippen LogP contribution >= 0.6 is 0 Å². The minimum Gasteiger partial charge on any atom is -0.508 e. The van der Waals surface area contributed by atoms with E-state index in [2.05, 4.69) is 18.2 Å². The van der Waals surface area contributed by atoms with E-state index in [1.165, 1.54) is 5.56 Å². The van der Waals surface area contributed by atoms with Gasteiger partial charge in [-0.15, -0.1) is 0 Å². The van der Waals surface area contributed by atoms with Gasteiger partial charge in [0, 0.05) is 5.56 Å². The average Bonchev–Trinajstić information content (AvgIpc) is 2.71. The van der Waals surface area contributed by atoms with Gasteiger partial charge in [0.05, 0.1) is 0 Å². The number of aliphatic carboxylic acids is 1. The number of aromatic hydroxyl groups is 1. The summed E-state index contributed by atoms with van der Waals surface area (Å²) in [6, 6.07) is 22.8. The summed E-state index contributed by atoms with van der Waals surface area (Å²) in [5.41, 5.74) is 4.31. The highest BCUT2D eigenvalue weighted by molar-refractivity contribution is 5.69. The molecule has 0 radical (unpaired) electrons. The second-order valence-electron chi connectivity index (χ2n) is 6.37. The van der Waals surface area contributed by atoms with Crippen molar-refractivity contribution in [1.29, 1.82) is 0 Å². The Morgan fingerprint density at radius 1 is 0.929 bits per heavy atom. The largest absolute Gasteiger partial charge is 0.508 e. The molecule has 3 aromatic carbocycles. The van der Waals surface area contributed by atoms with Crippen molar-refractivity contribution in [2.75, 3.05) is 6.61 Å². The first-order valence-corrected chi connectivity index (χ1v) is 9.11. The number of allylic oxidation sites excluding steroid dienone is 1. The van der Waals surface area contributed by atoms with Gasteiger partial charge in [-0.05, 0) is 47.7 Å². The van der Waals surface area contributed by atoms with Crippen molar-refractivity contribution < 1.29 is 19.7 Å². The Bertz CT molecular complexity index is 958. The third-order valence-electron chi connectivity index (χ3n) is 4.34. The van der Waals surface area contributed by atoms with Crippen LogP contribution in [0.4, 0.5) is 0 Å². The van der Waals surface area contributed by atoms with E-state index in [9.17, 15) is 9.90 Å². The van der Waals surface area contributed by atoms with Crippen molar-refractivity contribution in [3.8, 4) is 22.6 Å². The van der Waals surface area contributed by atoms with E-state index >= 15 is 0 Å². The van der Waals surface area contributed by atoms with Crippen LogP contribution in [-0.4, -0.2) is 22.8 Å². The van der Waals surface area contributed by atoms with Crippen LogP contribution in [0.15, 0.2) is 78.9 Å². The predicted molar refractivity (Wildman–Crippen MR) is 110 cm³/mol. The fraction of sp³-hybridized carbons (Fsp3) is 0.125. The number of rotatable bonds is 8. The van der Waals surface area contributed by atoms with Crippen molar-refractivity contribution >= 4 is 12.0 Å². The van der Waals surface area contributed by atoms with E-state index in [1.54, 1.807) is 18.2 Å². The summed E-state index contributed by atoms with van der Waals surface area (Å²) in [6.07, 6.45) is 5.73. The monoisotopic (exact) mass is 374 g/mol. The first-order chi connectivity index (χ1) is 13.6. The third kappa shape index (κ3) is 5.24. The molecule has 0 aliphatic heterocycles. The molecule has 0 saturated heterocycles. The highest BCUT2D eigenvalue weighted by Crippen LogP contribution is 2.26. The lowest BCUT2D eigenvalue weighted by Crippen LogP contribution is -2.09. The molecule has 0 spiro atoms. The van der Waals surface area contributed by atoms with Crippen LogP contribution in [0.1, 0.15) is 17.5 Å². The smallest absolute Gasteiger partial charge is 0.341 e.